The number of rotatable bonds is 2. The maximum absolute atomic E-state index is 11.4. The molecule has 2 amide bonds. The first-order chi connectivity index (χ1) is 10.3. The number of hydrogen-bond donors (Lipinski definition) is 1. The number of azide groups is 1. The molecule has 2 aromatic carbocycles. The van der Waals surface area contributed by atoms with Gasteiger partial charge in [0.05, 0.1) is 5.69 Å². The number of para-hydroxylation sites is 2. The lowest BCUT2D eigenvalue weighted by molar-refractivity contribution is 0.259. The van der Waals surface area contributed by atoms with Crippen LogP contribution in [0.5, 0.6) is 0 Å². The molecule has 102 valence electrons. The molecule has 0 radical (unpaired) electrons. The van der Waals surface area contributed by atoms with E-state index < -0.39 is 6.03 Å². The minimum Gasteiger partial charge on any atom is -0.456 e. The van der Waals surface area contributed by atoms with Crippen molar-refractivity contribution in [1.29, 1.82) is 0 Å². The third-order valence-electron chi connectivity index (χ3n) is 3.00. The number of nitrogens with zero attached hydrogens (tertiary/aromatic N) is 3. The normalized spacial score (nSPS) is 10.1. The summed E-state index contributed by atoms with van der Waals surface area (Å²) in [5.41, 5.74) is 10.3. The van der Waals surface area contributed by atoms with Gasteiger partial charge in [0.25, 0.3) is 0 Å². The van der Waals surface area contributed by atoms with Gasteiger partial charge in [-0.1, -0.05) is 30.3 Å². The third kappa shape index (κ3) is 2.56. The fourth-order valence-corrected chi connectivity index (χ4v) is 2.10. The second kappa shape index (κ2) is 5.40. The average molecular weight is 278 g/mol. The fraction of sp³-hybridized carbons (Fsp3) is 0. The molecule has 0 fully saturated rings. The lowest BCUT2D eigenvalue weighted by Gasteiger charge is -2.06. The number of amides is 2. The van der Waals surface area contributed by atoms with Gasteiger partial charge < -0.3 is 9.73 Å². The lowest BCUT2D eigenvalue weighted by atomic mass is 10.1. The van der Waals surface area contributed by atoms with Crippen LogP contribution in [-0.2, 0) is 0 Å². The molecular formula is C15H10N4O2. The molecule has 0 aliphatic rings. The van der Waals surface area contributed by atoms with Crippen LogP contribution in [0.3, 0.4) is 0 Å². The summed E-state index contributed by atoms with van der Waals surface area (Å²) in [6, 6.07) is 15.9. The molecule has 1 N–H and O–H groups in total. The van der Waals surface area contributed by atoms with Crippen LogP contribution in [0, 0.1) is 0 Å². The van der Waals surface area contributed by atoms with Gasteiger partial charge in [-0.3, -0.25) is 4.79 Å². The zero-order valence-electron chi connectivity index (χ0n) is 10.9. The zero-order chi connectivity index (χ0) is 14.7. The van der Waals surface area contributed by atoms with E-state index in [0.29, 0.717) is 11.4 Å². The number of fused-ring (bicyclic) bond motifs is 1. The summed E-state index contributed by atoms with van der Waals surface area (Å²) in [5.74, 6) is 0.632. The molecule has 1 aromatic heterocycles. The van der Waals surface area contributed by atoms with Crippen LogP contribution in [0.2, 0.25) is 0 Å². The summed E-state index contributed by atoms with van der Waals surface area (Å²) in [7, 11) is 0. The maximum atomic E-state index is 11.4. The number of hydrogen-bond acceptors (Lipinski definition) is 2. The van der Waals surface area contributed by atoms with E-state index in [9.17, 15) is 4.79 Å². The third-order valence-corrected chi connectivity index (χ3v) is 3.00. The molecule has 0 atom stereocenters. The fourth-order valence-electron chi connectivity index (χ4n) is 2.10. The summed E-state index contributed by atoms with van der Waals surface area (Å²) in [4.78, 5) is 13.9. The van der Waals surface area contributed by atoms with Crippen LogP contribution in [0.4, 0.5) is 10.5 Å². The second-order valence-corrected chi connectivity index (χ2v) is 4.31. The Labute approximate surface area is 119 Å². The Morgan fingerprint density at radius 3 is 2.71 bits per heavy atom. The highest BCUT2D eigenvalue weighted by atomic mass is 16.3. The molecule has 6 heteroatoms. The SMILES string of the molecule is [N-]=[N+]=NC(=O)Nc1ccccc1-c1cc2ccccc2o1. The van der Waals surface area contributed by atoms with E-state index in [2.05, 4.69) is 15.3 Å². The summed E-state index contributed by atoms with van der Waals surface area (Å²) in [6.45, 7) is 0. The van der Waals surface area contributed by atoms with Crippen molar-refractivity contribution in [2.75, 3.05) is 5.32 Å². The van der Waals surface area contributed by atoms with Crippen molar-refractivity contribution in [1.82, 2.24) is 0 Å². The number of carbonyl (C=O) groups excluding carboxylic acids is 1. The molecule has 0 bridgehead atoms. The zero-order valence-corrected chi connectivity index (χ0v) is 10.9. The van der Waals surface area contributed by atoms with Crippen LogP contribution in [0.25, 0.3) is 32.7 Å². The van der Waals surface area contributed by atoms with E-state index in [1.807, 2.05) is 42.5 Å². The van der Waals surface area contributed by atoms with Gasteiger partial charge >= 0.3 is 6.03 Å². The summed E-state index contributed by atoms with van der Waals surface area (Å²) in [6.07, 6.45) is 0. The van der Waals surface area contributed by atoms with E-state index in [-0.39, 0.29) is 0 Å². The largest absolute Gasteiger partial charge is 0.456 e. The summed E-state index contributed by atoms with van der Waals surface area (Å²) in [5, 5.41) is 6.51. The Kier molecular flexibility index (Phi) is 3.29. The Hall–Kier alpha value is -3.24. The molecule has 0 saturated carbocycles. The van der Waals surface area contributed by atoms with Gasteiger partial charge in [-0.05, 0) is 29.8 Å². The van der Waals surface area contributed by atoms with Gasteiger partial charge in [-0.15, -0.1) is 0 Å². The molecule has 1 heterocycles. The van der Waals surface area contributed by atoms with Crippen LogP contribution in [0.1, 0.15) is 0 Å². The molecule has 21 heavy (non-hydrogen) atoms. The molecule has 0 aliphatic heterocycles. The standard InChI is InChI=1S/C15H10N4O2/c16-19-18-15(20)17-12-7-3-2-6-11(12)14-9-10-5-1-4-8-13(10)21-14/h1-9H,(H,17,20). The molecule has 0 aliphatic carbocycles. The molecule has 6 nitrogen and oxygen atoms in total. The predicted molar refractivity (Wildman–Crippen MR) is 79.8 cm³/mol. The molecule has 3 aromatic rings. The first-order valence-corrected chi connectivity index (χ1v) is 6.22. The Morgan fingerprint density at radius 1 is 1.14 bits per heavy atom. The average Bonchev–Trinajstić information content (AvgIpc) is 2.91. The molecule has 0 unspecified atom stereocenters. The van der Waals surface area contributed by atoms with E-state index in [0.717, 1.165) is 16.5 Å². The van der Waals surface area contributed by atoms with Gasteiger partial charge in [-0.2, -0.15) is 0 Å². The quantitative estimate of drug-likeness (QED) is 0.408. The minimum atomic E-state index is -0.763. The Balaban J connectivity index is 2.05. The van der Waals surface area contributed by atoms with Crippen LogP contribution < -0.4 is 5.32 Å². The summed E-state index contributed by atoms with van der Waals surface area (Å²) >= 11 is 0. The molecule has 0 saturated heterocycles. The molecular weight excluding hydrogens is 268 g/mol. The number of carbonyl (C=O) groups is 1. The van der Waals surface area contributed by atoms with Gasteiger partial charge in [0.1, 0.15) is 11.3 Å². The number of benzene rings is 2. The van der Waals surface area contributed by atoms with Crippen molar-refractivity contribution >= 4 is 22.7 Å². The van der Waals surface area contributed by atoms with E-state index in [1.54, 1.807) is 12.1 Å². The Bertz CT molecular complexity index is 830. The Morgan fingerprint density at radius 2 is 1.90 bits per heavy atom. The summed E-state index contributed by atoms with van der Waals surface area (Å²) < 4.78 is 5.78. The lowest BCUT2D eigenvalue weighted by Crippen LogP contribution is -2.05. The smallest absolute Gasteiger partial charge is 0.312 e. The maximum Gasteiger partial charge on any atom is 0.312 e. The van der Waals surface area contributed by atoms with Crippen molar-refractivity contribution in [3.05, 3.63) is 65.0 Å². The highest BCUT2D eigenvalue weighted by Crippen LogP contribution is 2.32. The highest BCUT2D eigenvalue weighted by Gasteiger charge is 2.11. The van der Waals surface area contributed by atoms with Gasteiger partial charge in [0, 0.05) is 21.0 Å². The number of furan rings is 1. The second-order valence-electron chi connectivity index (χ2n) is 4.31. The van der Waals surface area contributed by atoms with E-state index in [1.165, 1.54) is 0 Å². The highest BCUT2D eigenvalue weighted by molar-refractivity contribution is 5.95. The van der Waals surface area contributed by atoms with Crippen molar-refractivity contribution in [3.63, 3.8) is 0 Å². The number of urea groups is 1. The predicted octanol–water partition coefficient (Wildman–Crippen LogP) is 4.94. The van der Waals surface area contributed by atoms with Gasteiger partial charge in [0.2, 0.25) is 0 Å². The molecule has 3 rings (SSSR count). The number of anilines is 1. The minimum absolute atomic E-state index is 0.522. The molecule has 0 spiro atoms. The van der Waals surface area contributed by atoms with Gasteiger partial charge in [0.15, 0.2) is 0 Å². The van der Waals surface area contributed by atoms with Crippen LogP contribution >= 0.6 is 0 Å². The van der Waals surface area contributed by atoms with Crippen molar-refractivity contribution < 1.29 is 9.21 Å². The van der Waals surface area contributed by atoms with Crippen LogP contribution in [0.15, 0.2) is 64.1 Å². The topological polar surface area (TPSA) is 91.0 Å². The first kappa shape index (κ1) is 12.8. The van der Waals surface area contributed by atoms with Crippen molar-refractivity contribution in [2.24, 2.45) is 5.11 Å². The van der Waals surface area contributed by atoms with Crippen molar-refractivity contribution in [3.8, 4) is 11.3 Å². The van der Waals surface area contributed by atoms with E-state index in [4.69, 9.17) is 9.95 Å². The van der Waals surface area contributed by atoms with E-state index >= 15 is 0 Å². The van der Waals surface area contributed by atoms with Crippen LogP contribution in [-0.4, -0.2) is 6.03 Å². The van der Waals surface area contributed by atoms with Crippen molar-refractivity contribution in [2.45, 2.75) is 0 Å². The number of nitrogens with one attached hydrogen (secondary N) is 1. The van der Waals surface area contributed by atoms with Gasteiger partial charge in [-0.25, -0.2) is 0 Å². The first-order valence-electron chi connectivity index (χ1n) is 6.22. The monoisotopic (exact) mass is 278 g/mol.